The minimum Gasteiger partial charge on any atom is -0.476 e. The van der Waals surface area contributed by atoms with Crippen molar-refractivity contribution in [2.45, 2.75) is 32.8 Å². The number of anilines is 1. The van der Waals surface area contributed by atoms with Crippen LogP contribution in [-0.2, 0) is 19.2 Å². The Labute approximate surface area is 124 Å². The number of aliphatic carboxylic acids is 1. The monoisotopic (exact) mass is 316 g/mol. The van der Waals surface area contributed by atoms with Gasteiger partial charge in [0.05, 0.1) is 6.61 Å². The molecule has 1 heterocycles. The third kappa shape index (κ3) is 5.34. The molecular weight excluding hydrogens is 300 g/mol. The van der Waals surface area contributed by atoms with E-state index < -0.39 is 23.8 Å². The molecule has 1 rings (SSSR count). The summed E-state index contributed by atoms with van der Waals surface area (Å²) in [6.45, 7) is 3.65. The van der Waals surface area contributed by atoms with Crippen molar-refractivity contribution in [3.8, 4) is 0 Å². The molecule has 0 aliphatic carbocycles. The minimum absolute atomic E-state index is 0.103. The summed E-state index contributed by atoms with van der Waals surface area (Å²) in [5.74, 6) is -2.18. The number of carboxylic acids is 1. The lowest BCUT2D eigenvalue weighted by molar-refractivity contribution is -0.156. The van der Waals surface area contributed by atoms with E-state index in [1.807, 2.05) is 6.92 Å². The highest BCUT2D eigenvalue weighted by atomic mass is 32.1. The van der Waals surface area contributed by atoms with Crippen LogP contribution < -0.4 is 5.73 Å². The predicted octanol–water partition coefficient (Wildman–Crippen LogP) is 0.657. The van der Waals surface area contributed by atoms with E-state index in [1.165, 1.54) is 6.92 Å². The van der Waals surface area contributed by atoms with Crippen molar-refractivity contribution in [3.63, 3.8) is 0 Å². The number of hydrogen-bond acceptors (Lipinski definition) is 9. The van der Waals surface area contributed by atoms with Crippen LogP contribution in [0.5, 0.6) is 0 Å². The van der Waals surface area contributed by atoms with Gasteiger partial charge >= 0.3 is 11.9 Å². The Morgan fingerprint density at radius 2 is 2.24 bits per heavy atom. The first-order chi connectivity index (χ1) is 9.95. The first-order valence-electron chi connectivity index (χ1n) is 6.19. The van der Waals surface area contributed by atoms with Crippen LogP contribution in [0.3, 0.4) is 0 Å². The molecular formula is C11H16N4O5S. The molecule has 0 aliphatic rings. The number of ether oxygens (including phenoxy) is 1. The van der Waals surface area contributed by atoms with Crippen LogP contribution in [0.15, 0.2) is 5.16 Å². The average Bonchev–Trinajstić information content (AvgIpc) is 2.85. The van der Waals surface area contributed by atoms with Crippen LogP contribution in [-0.4, -0.2) is 44.8 Å². The number of carbonyl (C=O) groups is 2. The van der Waals surface area contributed by atoms with Crippen molar-refractivity contribution >= 4 is 34.3 Å². The van der Waals surface area contributed by atoms with Gasteiger partial charge in [0.15, 0.2) is 5.13 Å². The molecule has 1 aromatic rings. The molecule has 0 aliphatic heterocycles. The van der Waals surface area contributed by atoms with E-state index in [2.05, 4.69) is 14.5 Å². The fourth-order valence-corrected chi connectivity index (χ4v) is 1.55. The van der Waals surface area contributed by atoms with E-state index in [4.69, 9.17) is 20.4 Å². The summed E-state index contributed by atoms with van der Waals surface area (Å²) in [4.78, 5) is 31.1. The molecule has 1 atom stereocenters. The zero-order valence-corrected chi connectivity index (χ0v) is 12.4. The summed E-state index contributed by atoms with van der Waals surface area (Å²) >= 11 is 0.830. The molecule has 0 amide bonds. The summed E-state index contributed by atoms with van der Waals surface area (Å²) in [7, 11) is 0. The van der Waals surface area contributed by atoms with E-state index in [-0.39, 0.29) is 17.6 Å². The van der Waals surface area contributed by atoms with E-state index in [9.17, 15) is 9.59 Å². The second-order valence-corrected chi connectivity index (χ2v) is 4.75. The Balaban J connectivity index is 2.66. The average molecular weight is 316 g/mol. The molecule has 3 N–H and O–H groups in total. The van der Waals surface area contributed by atoms with Crippen LogP contribution in [0.4, 0.5) is 5.13 Å². The van der Waals surface area contributed by atoms with Gasteiger partial charge in [0.2, 0.25) is 17.6 Å². The molecule has 116 valence electrons. The summed E-state index contributed by atoms with van der Waals surface area (Å²) < 4.78 is 8.64. The number of nitrogen functional groups attached to an aromatic ring is 1. The van der Waals surface area contributed by atoms with Crippen molar-refractivity contribution in [1.29, 1.82) is 0 Å². The molecule has 1 aromatic heterocycles. The summed E-state index contributed by atoms with van der Waals surface area (Å²) in [6, 6.07) is 0. The standard InChI is InChI=1S/C11H16N4O5S/c1-3-4-5-19-10(18)6(2)20-14-7(9(16)17)8-13-11(12)21-15-8/h6H,3-5H2,1-2H3,(H,16,17)(H2,12,13,15)/b14-7-. The van der Waals surface area contributed by atoms with Gasteiger partial charge in [-0.2, -0.15) is 9.36 Å². The first-order valence-corrected chi connectivity index (χ1v) is 6.96. The minimum atomic E-state index is -1.39. The number of unbranched alkanes of at least 4 members (excludes halogenated alkanes) is 1. The number of rotatable bonds is 8. The largest absolute Gasteiger partial charge is 0.476 e. The van der Waals surface area contributed by atoms with Gasteiger partial charge in [-0.15, -0.1) is 0 Å². The number of hydrogen-bond donors (Lipinski definition) is 2. The molecule has 0 fully saturated rings. The molecule has 0 saturated heterocycles. The fourth-order valence-electron chi connectivity index (χ4n) is 1.12. The van der Waals surface area contributed by atoms with Crippen molar-refractivity contribution in [2.24, 2.45) is 5.16 Å². The number of oxime groups is 1. The second kappa shape index (κ2) is 8.15. The van der Waals surface area contributed by atoms with E-state index in [0.29, 0.717) is 0 Å². The van der Waals surface area contributed by atoms with Crippen molar-refractivity contribution in [3.05, 3.63) is 5.82 Å². The highest BCUT2D eigenvalue weighted by Crippen LogP contribution is 2.08. The molecule has 0 radical (unpaired) electrons. The maximum atomic E-state index is 11.5. The van der Waals surface area contributed by atoms with Gasteiger partial charge in [-0.1, -0.05) is 18.5 Å². The maximum Gasteiger partial charge on any atom is 0.362 e. The normalized spacial score (nSPS) is 12.8. The number of nitrogens with two attached hydrogens (primary N) is 1. The van der Waals surface area contributed by atoms with Gasteiger partial charge in [-0.25, -0.2) is 9.59 Å². The lowest BCUT2D eigenvalue weighted by atomic mass is 10.3. The lowest BCUT2D eigenvalue weighted by Crippen LogP contribution is -2.24. The number of aromatic nitrogens is 2. The van der Waals surface area contributed by atoms with Crippen LogP contribution >= 0.6 is 11.5 Å². The summed E-state index contributed by atoms with van der Waals surface area (Å²) in [5.41, 5.74) is 4.84. The molecule has 9 nitrogen and oxygen atoms in total. The number of esters is 1. The Hall–Kier alpha value is -2.23. The van der Waals surface area contributed by atoms with Gasteiger partial charge < -0.3 is 20.4 Å². The van der Waals surface area contributed by atoms with Crippen molar-refractivity contribution in [2.75, 3.05) is 12.3 Å². The lowest BCUT2D eigenvalue weighted by Gasteiger charge is -2.09. The molecule has 10 heteroatoms. The SMILES string of the molecule is CCCCOC(=O)C(C)O/N=C(\C(=O)O)c1nsc(N)n1. The predicted molar refractivity (Wildman–Crippen MR) is 74.9 cm³/mol. The molecule has 0 saturated carbocycles. The van der Waals surface area contributed by atoms with E-state index in [0.717, 1.165) is 24.4 Å². The highest BCUT2D eigenvalue weighted by Gasteiger charge is 2.21. The zero-order chi connectivity index (χ0) is 15.8. The van der Waals surface area contributed by atoms with Gasteiger partial charge in [0, 0.05) is 11.5 Å². The third-order valence-corrected chi connectivity index (χ3v) is 2.77. The zero-order valence-electron chi connectivity index (χ0n) is 11.6. The maximum absolute atomic E-state index is 11.5. The van der Waals surface area contributed by atoms with E-state index >= 15 is 0 Å². The Morgan fingerprint density at radius 3 is 2.76 bits per heavy atom. The molecule has 1 unspecified atom stereocenters. The fraction of sp³-hybridized carbons (Fsp3) is 0.545. The first kappa shape index (κ1) is 16.8. The van der Waals surface area contributed by atoms with Gasteiger partial charge in [0.1, 0.15) is 0 Å². The van der Waals surface area contributed by atoms with E-state index in [1.54, 1.807) is 0 Å². The van der Waals surface area contributed by atoms with Gasteiger partial charge in [-0.3, -0.25) is 0 Å². The third-order valence-electron chi connectivity index (χ3n) is 2.23. The molecule has 0 spiro atoms. The highest BCUT2D eigenvalue weighted by molar-refractivity contribution is 7.09. The number of carbonyl (C=O) groups excluding carboxylic acids is 1. The Bertz CT molecular complexity index is 530. The van der Waals surface area contributed by atoms with Gasteiger partial charge in [-0.05, 0) is 13.3 Å². The molecule has 0 bridgehead atoms. The summed E-state index contributed by atoms with van der Waals surface area (Å²) in [6.07, 6.45) is 0.595. The van der Waals surface area contributed by atoms with Crippen molar-refractivity contribution in [1.82, 2.24) is 9.36 Å². The number of carboxylic acid groups (broad SMARTS) is 1. The second-order valence-electron chi connectivity index (χ2n) is 3.97. The smallest absolute Gasteiger partial charge is 0.362 e. The Morgan fingerprint density at radius 1 is 1.52 bits per heavy atom. The Kier molecular flexibility index (Phi) is 6.53. The van der Waals surface area contributed by atoms with Crippen molar-refractivity contribution < 1.29 is 24.3 Å². The molecule has 0 aromatic carbocycles. The van der Waals surface area contributed by atoms with Crippen LogP contribution in [0.25, 0.3) is 0 Å². The topological polar surface area (TPSA) is 137 Å². The van der Waals surface area contributed by atoms with Crippen LogP contribution in [0.1, 0.15) is 32.5 Å². The quantitative estimate of drug-likeness (QED) is 0.309. The van der Waals surface area contributed by atoms with Gasteiger partial charge in [0.25, 0.3) is 0 Å². The van der Waals surface area contributed by atoms with Crippen LogP contribution in [0, 0.1) is 0 Å². The number of nitrogens with zero attached hydrogens (tertiary/aromatic N) is 3. The molecule has 21 heavy (non-hydrogen) atoms. The summed E-state index contributed by atoms with van der Waals surface area (Å²) in [5, 5.41) is 12.5. The van der Waals surface area contributed by atoms with Crippen LogP contribution in [0.2, 0.25) is 0 Å².